The average molecular weight is 450 g/mol. The highest BCUT2D eigenvalue weighted by molar-refractivity contribution is 7.99. The standard InChI is InChI=1S/C24H39N3O3S/c1-24(2,3)30-23(29)27-21(18-31-17-20-12-8-5-9-13-20)22(28)26-15-14-25-16-19-10-6-4-7-11-19/h4,6-7,10-11,20-21,25H,5,8-9,12-18H2,1-3H3,(H,26,28)(H,27,29)/t21-/m0/s1. The lowest BCUT2D eigenvalue weighted by Crippen LogP contribution is -2.50. The number of amides is 2. The van der Waals surface area contributed by atoms with Gasteiger partial charge in [-0.15, -0.1) is 0 Å². The molecule has 0 bridgehead atoms. The van der Waals surface area contributed by atoms with Crippen LogP contribution < -0.4 is 16.0 Å². The van der Waals surface area contributed by atoms with Crippen LogP contribution >= 0.6 is 11.8 Å². The summed E-state index contributed by atoms with van der Waals surface area (Å²) in [5.41, 5.74) is 0.610. The number of benzene rings is 1. The third-order valence-corrected chi connectivity index (χ3v) is 6.42. The summed E-state index contributed by atoms with van der Waals surface area (Å²) in [4.78, 5) is 25.0. The van der Waals surface area contributed by atoms with E-state index in [9.17, 15) is 9.59 Å². The summed E-state index contributed by atoms with van der Waals surface area (Å²) in [5.74, 6) is 2.16. The Morgan fingerprint density at radius 2 is 1.81 bits per heavy atom. The number of hydrogen-bond donors (Lipinski definition) is 3. The molecule has 0 saturated heterocycles. The summed E-state index contributed by atoms with van der Waals surface area (Å²) in [6.45, 7) is 7.38. The topological polar surface area (TPSA) is 79.5 Å². The van der Waals surface area contributed by atoms with Gasteiger partial charge in [0.05, 0.1) is 0 Å². The zero-order valence-electron chi connectivity index (χ0n) is 19.2. The molecule has 1 aliphatic rings. The summed E-state index contributed by atoms with van der Waals surface area (Å²) >= 11 is 1.75. The molecule has 1 saturated carbocycles. The van der Waals surface area contributed by atoms with Gasteiger partial charge in [0.25, 0.3) is 0 Å². The number of rotatable bonds is 11. The van der Waals surface area contributed by atoms with E-state index in [4.69, 9.17) is 4.74 Å². The summed E-state index contributed by atoms with van der Waals surface area (Å²) in [6.07, 6.45) is 5.95. The molecule has 0 aliphatic heterocycles. The zero-order chi connectivity index (χ0) is 22.5. The fraction of sp³-hybridized carbons (Fsp3) is 0.667. The first kappa shape index (κ1) is 25.5. The monoisotopic (exact) mass is 449 g/mol. The van der Waals surface area contributed by atoms with Gasteiger partial charge < -0.3 is 20.7 Å². The maximum absolute atomic E-state index is 12.7. The molecule has 6 nitrogen and oxygen atoms in total. The fourth-order valence-corrected chi connectivity index (χ4v) is 4.84. The highest BCUT2D eigenvalue weighted by atomic mass is 32.2. The van der Waals surface area contributed by atoms with Crippen molar-refractivity contribution in [1.82, 2.24) is 16.0 Å². The van der Waals surface area contributed by atoms with E-state index in [2.05, 4.69) is 28.1 Å². The number of alkyl carbamates (subject to hydrolysis) is 1. The van der Waals surface area contributed by atoms with Crippen molar-refractivity contribution < 1.29 is 14.3 Å². The maximum atomic E-state index is 12.7. The Hall–Kier alpha value is -1.73. The van der Waals surface area contributed by atoms with Gasteiger partial charge in [-0.1, -0.05) is 49.6 Å². The lowest BCUT2D eigenvalue weighted by atomic mass is 9.91. The van der Waals surface area contributed by atoms with Crippen molar-refractivity contribution in [2.45, 2.75) is 71.1 Å². The van der Waals surface area contributed by atoms with Gasteiger partial charge in [-0.25, -0.2) is 4.79 Å². The molecule has 0 unspecified atom stereocenters. The second-order valence-electron chi connectivity index (χ2n) is 9.19. The second-order valence-corrected chi connectivity index (χ2v) is 10.3. The van der Waals surface area contributed by atoms with Gasteiger partial charge in [-0.3, -0.25) is 4.79 Å². The van der Waals surface area contributed by atoms with Crippen LogP contribution in [0.1, 0.15) is 58.4 Å². The SMILES string of the molecule is CC(C)(C)OC(=O)N[C@@H](CSCC1CCCCC1)C(=O)NCCNCc1ccccc1. The van der Waals surface area contributed by atoms with Crippen LogP contribution in [0.5, 0.6) is 0 Å². The first-order valence-corrected chi connectivity index (χ1v) is 12.6. The summed E-state index contributed by atoms with van der Waals surface area (Å²) in [5, 5.41) is 9.03. The molecule has 0 radical (unpaired) electrons. The molecular weight excluding hydrogens is 410 g/mol. The molecule has 0 heterocycles. The Bertz CT molecular complexity index is 658. The predicted molar refractivity (Wildman–Crippen MR) is 128 cm³/mol. The third kappa shape index (κ3) is 11.5. The molecule has 7 heteroatoms. The summed E-state index contributed by atoms with van der Waals surface area (Å²) in [7, 11) is 0. The van der Waals surface area contributed by atoms with Crippen molar-refractivity contribution in [1.29, 1.82) is 0 Å². The lowest BCUT2D eigenvalue weighted by Gasteiger charge is -2.24. The molecule has 174 valence electrons. The van der Waals surface area contributed by atoms with Gasteiger partial charge in [-0.05, 0) is 50.8 Å². The Morgan fingerprint density at radius 3 is 2.48 bits per heavy atom. The Kier molecular flexibility index (Phi) is 11.2. The first-order valence-electron chi connectivity index (χ1n) is 11.4. The Labute approximate surface area is 191 Å². The Morgan fingerprint density at radius 1 is 1.10 bits per heavy atom. The van der Waals surface area contributed by atoms with Crippen LogP contribution in [0.3, 0.4) is 0 Å². The number of ether oxygens (including phenoxy) is 1. The van der Waals surface area contributed by atoms with Crippen molar-refractivity contribution in [3.8, 4) is 0 Å². The van der Waals surface area contributed by atoms with E-state index in [0.29, 0.717) is 18.8 Å². The molecule has 2 rings (SSSR count). The van der Waals surface area contributed by atoms with Crippen LogP contribution in [0.25, 0.3) is 0 Å². The highest BCUT2D eigenvalue weighted by Crippen LogP contribution is 2.26. The predicted octanol–water partition coefficient (Wildman–Crippen LogP) is 4.10. The number of thioether (sulfide) groups is 1. The van der Waals surface area contributed by atoms with Crippen LogP contribution in [0.15, 0.2) is 30.3 Å². The molecule has 31 heavy (non-hydrogen) atoms. The fourth-order valence-electron chi connectivity index (χ4n) is 3.56. The molecule has 1 fully saturated rings. The van der Waals surface area contributed by atoms with E-state index < -0.39 is 17.7 Å². The van der Waals surface area contributed by atoms with Gasteiger partial charge >= 0.3 is 6.09 Å². The van der Waals surface area contributed by atoms with Crippen LogP contribution in [0.4, 0.5) is 4.79 Å². The quantitative estimate of drug-likeness (QED) is 0.443. The van der Waals surface area contributed by atoms with Crippen molar-refractivity contribution in [2.24, 2.45) is 5.92 Å². The minimum absolute atomic E-state index is 0.163. The van der Waals surface area contributed by atoms with E-state index in [-0.39, 0.29) is 5.91 Å². The van der Waals surface area contributed by atoms with Crippen LogP contribution in [-0.2, 0) is 16.1 Å². The Balaban J connectivity index is 1.75. The van der Waals surface area contributed by atoms with Crippen LogP contribution in [0.2, 0.25) is 0 Å². The molecule has 0 aromatic heterocycles. The van der Waals surface area contributed by atoms with Crippen molar-refractivity contribution in [2.75, 3.05) is 24.6 Å². The largest absolute Gasteiger partial charge is 0.444 e. The van der Waals surface area contributed by atoms with Crippen LogP contribution in [0, 0.1) is 5.92 Å². The van der Waals surface area contributed by atoms with Crippen LogP contribution in [-0.4, -0.2) is 48.2 Å². The number of carbonyl (C=O) groups excluding carboxylic acids is 2. The van der Waals surface area contributed by atoms with Crippen molar-refractivity contribution >= 4 is 23.8 Å². The summed E-state index contributed by atoms with van der Waals surface area (Å²) < 4.78 is 5.36. The molecule has 1 aromatic rings. The van der Waals surface area contributed by atoms with Crippen molar-refractivity contribution in [3.63, 3.8) is 0 Å². The highest BCUT2D eigenvalue weighted by Gasteiger charge is 2.25. The number of nitrogens with one attached hydrogen (secondary N) is 3. The minimum atomic E-state index is -0.599. The molecule has 0 spiro atoms. The van der Waals surface area contributed by atoms with Gasteiger partial charge in [0.1, 0.15) is 11.6 Å². The van der Waals surface area contributed by atoms with E-state index >= 15 is 0 Å². The van der Waals surface area contributed by atoms with Gasteiger partial charge in [0, 0.05) is 25.4 Å². The van der Waals surface area contributed by atoms with E-state index in [1.54, 1.807) is 11.8 Å². The minimum Gasteiger partial charge on any atom is -0.444 e. The lowest BCUT2D eigenvalue weighted by molar-refractivity contribution is -0.122. The van der Waals surface area contributed by atoms with E-state index in [1.165, 1.54) is 37.7 Å². The molecule has 1 aliphatic carbocycles. The molecule has 2 amide bonds. The van der Waals surface area contributed by atoms with Gasteiger partial charge in [0.15, 0.2) is 0 Å². The second kappa shape index (κ2) is 13.6. The molecule has 1 aromatic carbocycles. The zero-order valence-corrected chi connectivity index (χ0v) is 20.1. The number of hydrogen-bond acceptors (Lipinski definition) is 5. The average Bonchev–Trinajstić information content (AvgIpc) is 2.73. The van der Waals surface area contributed by atoms with E-state index in [0.717, 1.165) is 18.2 Å². The van der Waals surface area contributed by atoms with Gasteiger partial charge in [-0.2, -0.15) is 11.8 Å². The van der Waals surface area contributed by atoms with Gasteiger partial charge in [0.2, 0.25) is 5.91 Å². The smallest absolute Gasteiger partial charge is 0.408 e. The van der Waals surface area contributed by atoms with Crippen molar-refractivity contribution in [3.05, 3.63) is 35.9 Å². The third-order valence-electron chi connectivity index (χ3n) is 5.14. The molecule has 1 atom stereocenters. The summed E-state index contributed by atoms with van der Waals surface area (Å²) in [6, 6.07) is 9.55. The van der Waals surface area contributed by atoms with E-state index in [1.807, 2.05) is 39.0 Å². The normalized spacial score (nSPS) is 15.8. The first-order chi connectivity index (χ1) is 14.8. The molecular formula is C24H39N3O3S. The maximum Gasteiger partial charge on any atom is 0.408 e. The molecule has 3 N–H and O–H groups in total. The number of carbonyl (C=O) groups is 2.